The van der Waals surface area contributed by atoms with Gasteiger partial charge in [-0.3, -0.25) is 4.90 Å². The van der Waals surface area contributed by atoms with Crippen LogP contribution >= 0.6 is 0 Å². The first kappa shape index (κ1) is 17.1. The number of hydrogen-bond donors (Lipinski definition) is 1. The molecule has 3 aromatic rings. The molecule has 0 atom stereocenters. The van der Waals surface area contributed by atoms with Gasteiger partial charge in [-0.1, -0.05) is 17.3 Å². The van der Waals surface area contributed by atoms with Crippen molar-refractivity contribution in [3.8, 4) is 6.07 Å². The first-order chi connectivity index (χ1) is 13.8. The summed E-state index contributed by atoms with van der Waals surface area (Å²) in [4.78, 5) is 11.2. The van der Waals surface area contributed by atoms with Gasteiger partial charge in [0.15, 0.2) is 17.0 Å². The van der Waals surface area contributed by atoms with Gasteiger partial charge in [0.05, 0.1) is 17.7 Å². The van der Waals surface area contributed by atoms with E-state index in [0.29, 0.717) is 12.1 Å². The number of nitrogens with zero attached hydrogens (tertiary/aromatic N) is 7. The summed E-state index contributed by atoms with van der Waals surface area (Å²) >= 11 is 0. The Morgan fingerprint density at radius 1 is 1.14 bits per heavy atom. The molecule has 0 radical (unpaired) electrons. The third kappa shape index (κ3) is 3.41. The Hall–Kier alpha value is -3.05. The molecule has 1 N–H and O–H groups in total. The van der Waals surface area contributed by atoms with Gasteiger partial charge < -0.3 is 5.32 Å². The summed E-state index contributed by atoms with van der Waals surface area (Å²) in [5.41, 5.74) is 3.51. The van der Waals surface area contributed by atoms with Gasteiger partial charge in [0.1, 0.15) is 6.33 Å². The number of nitriles is 1. The summed E-state index contributed by atoms with van der Waals surface area (Å²) in [7, 11) is 0. The van der Waals surface area contributed by atoms with E-state index in [-0.39, 0.29) is 0 Å². The zero-order chi connectivity index (χ0) is 18.9. The van der Waals surface area contributed by atoms with Crippen LogP contribution in [0.15, 0.2) is 30.6 Å². The Morgan fingerprint density at radius 3 is 2.79 bits per heavy atom. The number of aromatic nitrogens is 5. The summed E-state index contributed by atoms with van der Waals surface area (Å²) < 4.78 is 1.93. The smallest absolute Gasteiger partial charge is 0.184 e. The third-order valence-electron chi connectivity index (χ3n) is 5.54. The summed E-state index contributed by atoms with van der Waals surface area (Å²) in [6.45, 7) is 2.91. The van der Waals surface area contributed by atoms with E-state index in [1.165, 1.54) is 5.56 Å². The highest BCUT2D eigenvalue weighted by molar-refractivity contribution is 5.82. The minimum atomic E-state index is 0.367. The van der Waals surface area contributed by atoms with Crippen molar-refractivity contribution in [2.45, 2.75) is 44.3 Å². The van der Waals surface area contributed by atoms with Crippen molar-refractivity contribution in [2.75, 3.05) is 18.4 Å². The fourth-order valence-electron chi connectivity index (χ4n) is 3.86. The van der Waals surface area contributed by atoms with Crippen LogP contribution in [0.5, 0.6) is 0 Å². The zero-order valence-corrected chi connectivity index (χ0v) is 15.6. The van der Waals surface area contributed by atoms with Crippen molar-refractivity contribution in [2.24, 2.45) is 0 Å². The molecule has 0 spiro atoms. The maximum absolute atomic E-state index is 9.06. The van der Waals surface area contributed by atoms with Gasteiger partial charge in [-0.25, -0.2) is 14.6 Å². The van der Waals surface area contributed by atoms with Crippen LogP contribution in [0.1, 0.15) is 42.9 Å². The number of nitrogens with one attached hydrogen (secondary N) is 1. The summed E-state index contributed by atoms with van der Waals surface area (Å²) in [6.07, 6.45) is 5.99. The quantitative estimate of drug-likeness (QED) is 0.733. The molecule has 1 aromatic carbocycles. The van der Waals surface area contributed by atoms with Crippen molar-refractivity contribution in [3.05, 3.63) is 41.7 Å². The molecule has 5 rings (SSSR count). The van der Waals surface area contributed by atoms with E-state index in [4.69, 9.17) is 5.26 Å². The lowest BCUT2D eigenvalue weighted by Gasteiger charge is -2.32. The predicted octanol–water partition coefficient (Wildman–Crippen LogP) is 2.50. The molecule has 1 aliphatic carbocycles. The van der Waals surface area contributed by atoms with Crippen LogP contribution in [-0.4, -0.2) is 49.0 Å². The van der Waals surface area contributed by atoms with Gasteiger partial charge in [-0.2, -0.15) is 5.26 Å². The second kappa shape index (κ2) is 7.17. The molecule has 0 amide bonds. The van der Waals surface area contributed by atoms with Crippen molar-refractivity contribution in [1.82, 2.24) is 29.9 Å². The maximum Gasteiger partial charge on any atom is 0.184 e. The summed E-state index contributed by atoms with van der Waals surface area (Å²) in [5.74, 6) is 0.789. The minimum Gasteiger partial charge on any atom is -0.365 e. The molecule has 8 nitrogen and oxygen atoms in total. The molecule has 0 unspecified atom stereocenters. The second-order valence-electron chi connectivity index (χ2n) is 7.67. The average molecular weight is 374 g/mol. The molecular weight excluding hydrogens is 352 g/mol. The molecule has 28 heavy (non-hydrogen) atoms. The average Bonchev–Trinajstić information content (AvgIpc) is 3.48. The van der Waals surface area contributed by atoms with Crippen LogP contribution in [0.3, 0.4) is 0 Å². The molecule has 0 bridgehead atoms. The van der Waals surface area contributed by atoms with Crippen LogP contribution in [0.2, 0.25) is 0 Å². The van der Waals surface area contributed by atoms with E-state index in [9.17, 15) is 0 Å². The molecule has 2 aliphatic rings. The van der Waals surface area contributed by atoms with Gasteiger partial charge in [0, 0.05) is 25.7 Å². The lowest BCUT2D eigenvalue weighted by Crippen LogP contribution is -2.38. The van der Waals surface area contributed by atoms with Crippen LogP contribution in [0.4, 0.5) is 5.82 Å². The van der Waals surface area contributed by atoms with Crippen LogP contribution in [0.25, 0.3) is 11.2 Å². The highest BCUT2D eigenvalue weighted by Crippen LogP contribution is 2.36. The van der Waals surface area contributed by atoms with E-state index in [0.717, 1.165) is 67.9 Å². The molecule has 2 aromatic heterocycles. The van der Waals surface area contributed by atoms with Gasteiger partial charge in [-0.15, -0.1) is 5.10 Å². The Kier molecular flexibility index (Phi) is 4.37. The van der Waals surface area contributed by atoms with Crippen LogP contribution in [-0.2, 0) is 6.54 Å². The lowest BCUT2D eigenvalue weighted by molar-refractivity contribution is 0.211. The Balaban J connectivity index is 1.22. The molecular formula is C20H22N8. The third-order valence-corrected chi connectivity index (χ3v) is 5.54. The molecule has 8 heteroatoms. The van der Waals surface area contributed by atoms with Crippen molar-refractivity contribution in [3.63, 3.8) is 0 Å². The lowest BCUT2D eigenvalue weighted by atomic mass is 10.0. The number of fused-ring (bicyclic) bond motifs is 1. The number of likely N-dealkylation sites (tertiary alicyclic amines) is 1. The monoisotopic (exact) mass is 374 g/mol. The van der Waals surface area contributed by atoms with Crippen LogP contribution in [0, 0.1) is 11.3 Å². The molecule has 1 saturated carbocycles. The number of anilines is 1. The van der Waals surface area contributed by atoms with E-state index in [2.05, 4.69) is 42.6 Å². The largest absolute Gasteiger partial charge is 0.365 e. The first-order valence-corrected chi connectivity index (χ1v) is 9.84. The van der Waals surface area contributed by atoms with Gasteiger partial charge in [0.25, 0.3) is 0 Å². The first-order valence-electron chi connectivity index (χ1n) is 9.84. The number of piperidine rings is 1. The fraction of sp³-hybridized carbons (Fsp3) is 0.450. The fourth-order valence-corrected chi connectivity index (χ4v) is 3.86. The Bertz CT molecular complexity index is 1020. The van der Waals surface area contributed by atoms with E-state index >= 15 is 0 Å². The number of benzene rings is 1. The SMILES string of the molecule is N#Cc1cccc(CN2CCC(Nc3ncnc4c3nnn4C3CC3)CC2)c1. The molecule has 3 heterocycles. The van der Waals surface area contributed by atoms with Gasteiger partial charge in [-0.05, 0) is 43.4 Å². The van der Waals surface area contributed by atoms with Crippen LogP contribution < -0.4 is 5.32 Å². The molecule has 1 saturated heterocycles. The second-order valence-corrected chi connectivity index (χ2v) is 7.67. The molecule has 142 valence electrons. The standard InChI is InChI=1S/C20H22N8/c21-11-14-2-1-3-15(10-14)12-27-8-6-16(7-9-27)24-19-18-20(23-13-22-19)28(26-25-18)17-4-5-17/h1-3,10,13,16-17H,4-9,12H2,(H,22,23,24). The van der Waals surface area contributed by atoms with E-state index in [1.807, 2.05) is 22.9 Å². The highest BCUT2D eigenvalue weighted by atomic mass is 15.5. The van der Waals surface area contributed by atoms with Gasteiger partial charge in [0.2, 0.25) is 0 Å². The van der Waals surface area contributed by atoms with Gasteiger partial charge >= 0.3 is 0 Å². The highest BCUT2D eigenvalue weighted by Gasteiger charge is 2.28. The zero-order valence-electron chi connectivity index (χ0n) is 15.6. The van der Waals surface area contributed by atoms with Crippen molar-refractivity contribution < 1.29 is 0 Å². The van der Waals surface area contributed by atoms with E-state index in [1.54, 1.807) is 6.33 Å². The number of hydrogen-bond acceptors (Lipinski definition) is 7. The number of rotatable bonds is 5. The normalized spacial score (nSPS) is 18.2. The molecule has 1 aliphatic heterocycles. The molecule has 2 fully saturated rings. The van der Waals surface area contributed by atoms with Crippen molar-refractivity contribution in [1.29, 1.82) is 5.26 Å². The minimum absolute atomic E-state index is 0.367. The predicted molar refractivity (Wildman–Crippen MR) is 104 cm³/mol. The summed E-state index contributed by atoms with van der Waals surface area (Å²) in [6, 6.07) is 10.9. The van der Waals surface area contributed by atoms with Crippen molar-refractivity contribution >= 4 is 17.0 Å². The summed E-state index contributed by atoms with van der Waals surface area (Å²) in [5, 5.41) is 21.2. The Labute approximate surface area is 163 Å². The maximum atomic E-state index is 9.06. The Morgan fingerprint density at radius 2 is 2.00 bits per heavy atom. The van der Waals surface area contributed by atoms with E-state index < -0.39 is 0 Å². The topological polar surface area (TPSA) is 95.6 Å².